The molecule has 0 radical (unpaired) electrons. The molecule has 0 aromatic rings. The molecule has 2 atom stereocenters. The van der Waals surface area contributed by atoms with E-state index in [1.165, 1.54) is 19.3 Å². The van der Waals surface area contributed by atoms with E-state index in [0.29, 0.717) is 12.6 Å². The van der Waals surface area contributed by atoms with Crippen molar-refractivity contribution in [2.75, 3.05) is 6.54 Å². The molecule has 2 unspecified atom stereocenters. The van der Waals surface area contributed by atoms with Crippen LogP contribution in [0.5, 0.6) is 0 Å². The molecule has 0 aromatic heterocycles. The summed E-state index contributed by atoms with van der Waals surface area (Å²) in [6.07, 6.45) is 3.97. The molecule has 1 rings (SSSR count). The van der Waals surface area contributed by atoms with Crippen molar-refractivity contribution in [1.29, 1.82) is 0 Å². The first kappa shape index (κ1) is 13.5. The molecule has 3 nitrogen and oxygen atoms in total. The van der Waals surface area contributed by atoms with Gasteiger partial charge in [0, 0.05) is 18.1 Å². The van der Waals surface area contributed by atoms with Gasteiger partial charge in [-0.2, -0.15) is 0 Å². The van der Waals surface area contributed by atoms with Crippen LogP contribution >= 0.6 is 0 Å². The number of aliphatic carboxylic acids is 1. The summed E-state index contributed by atoms with van der Waals surface area (Å²) in [6.45, 7) is 9.50. The SMILES string of the molecule is CC1CCC(N(CCC(=O)O)C(C)(C)C)C1. The van der Waals surface area contributed by atoms with Crippen LogP contribution in [-0.4, -0.2) is 34.1 Å². The van der Waals surface area contributed by atoms with E-state index < -0.39 is 5.97 Å². The van der Waals surface area contributed by atoms with Crippen molar-refractivity contribution < 1.29 is 9.90 Å². The molecule has 1 saturated carbocycles. The summed E-state index contributed by atoms with van der Waals surface area (Å²) in [5.41, 5.74) is 0.0736. The second-order valence-corrected chi connectivity index (χ2v) is 6.08. The Hall–Kier alpha value is -0.570. The van der Waals surface area contributed by atoms with Crippen LogP contribution in [0.15, 0.2) is 0 Å². The fourth-order valence-electron chi connectivity index (χ4n) is 2.74. The highest BCUT2D eigenvalue weighted by Gasteiger charge is 2.33. The predicted molar refractivity (Wildman–Crippen MR) is 65.5 cm³/mol. The molecule has 0 aromatic carbocycles. The van der Waals surface area contributed by atoms with Gasteiger partial charge in [-0.25, -0.2) is 0 Å². The van der Waals surface area contributed by atoms with Gasteiger partial charge in [0.25, 0.3) is 0 Å². The minimum Gasteiger partial charge on any atom is -0.481 e. The average molecular weight is 227 g/mol. The Balaban J connectivity index is 2.60. The first-order valence-corrected chi connectivity index (χ1v) is 6.29. The van der Waals surface area contributed by atoms with Gasteiger partial charge in [0.2, 0.25) is 0 Å². The van der Waals surface area contributed by atoms with Crippen LogP contribution in [0.2, 0.25) is 0 Å². The van der Waals surface area contributed by atoms with Crippen LogP contribution < -0.4 is 0 Å². The Bertz CT molecular complexity index is 245. The molecule has 1 aliphatic rings. The Labute approximate surface area is 98.8 Å². The average Bonchev–Trinajstić information content (AvgIpc) is 2.49. The van der Waals surface area contributed by atoms with Gasteiger partial charge in [0.15, 0.2) is 0 Å². The summed E-state index contributed by atoms with van der Waals surface area (Å²) in [4.78, 5) is 13.1. The largest absolute Gasteiger partial charge is 0.481 e. The fraction of sp³-hybridized carbons (Fsp3) is 0.923. The van der Waals surface area contributed by atoms with E-state index in [1.54, 1.807) is 0 Å². The van der Waals surface area contributed by atoms with Crippen molar-refractivity contribution >= 4 is 5.97 Å². The van der Waals surface area contributed by atoms with Gasteiger partial charge >= 0.3 is 5.97 Å². The van der Waals surface area contributed by atoms with Crippen LogP contribution in [0.25, 0.3) is 0 Å². The molecule has 1 fully saturated rings. The first-order chi connectivity index (χ1) is 7.30. The van der Waals surface area contributed by atoms with E-state index in [-0.39, 0.29) is 12.0 Å². The van der Waals surface area contributed by atoms with Gasteiger partial charge < -0.3 is 5.11 Å². The standard InChI is InChI=1S/C13H25NO2/c1-10-5-6-11(9-10)14(13(2,3)4)8-7-12(15)16/h10-11H,5-9H2,1-4H3,(H,15,16). The molecule has 0 spiro atoms. The summed E-state index contributed by atoms with van der Waals surface area (Å²) >= 11 is 0. The number of carbonyl (C=O) groups is 1. The van der Waals surface area contributed by atoms with Crippen LogP contribution in [0, 0.1) is 5.92 Å². The predicted octanol–water partition coefficient (Wildman–Crippen LogP) is 2.75. The zero-order chi connectivity index (χ0) is 12.3. The van der Waals surface area contributed by atoms with Gasteiger partial charge in [-0.3, -0.25) is 9.69 Å². The number of rotatable bonds is 4. The molecule has 0 amide bonds. The lowest BCUT2D eigenvalue weighted by atomic mass is 10.0. The molecule has 16 heavy (non-hydrogen) atoms. The molecule has 94 valence electrons. The van der Waals surface area contributed by atoms with E-state index in [1.807, 2.05) is 0 Å². The van der Waals surface area contributed by atoms with Crippen LogP contribution in [0.1, 0.15) is 53.4 Å². The number of hydrogen-bond donors (Lipinski definition) is 1. The Kier molecular flexibility index (Phi) is 4.36. The van der Waals surface area contributed by atoms with E-state index in [9.17, 15) is 4.79 Å². The zero-order valence-corrected chi connectivity index (χ0v) is 11.0. The third-order valence-corrected chi connectivity index (χ3v) is 3.54. The minimum absolute atomic E-state index is 0.0736. The van der Waals surface area contributed by atoms with E-state index in [4.69, 9.17) is 5.11 Å². The van der Waals surface area contributed by atoms with E-state index in [2.05, 4.69) is 32.6 Å². The number of nitrogens with zero attached hydrogens (tertiary/aromatic N) is 1. The van der Waals surface area contributed by atoms with Gasteiger partial charge in [0.1, 0.15) is 0 Å². The number of hydrogen-bond acceptors (Lipinski definition) is 2. The third kappa shape index (κ3) is 3.78. The maximum absolute atomic E-state index is 10.7. The lowest BCUT2D eigenvalue weighted by Gasteiger charge is -2.40. The maximum Gasteiger partial charge on any atom is 0.304 e. The monoisotopic (exact) mass is 227 g/mol. The van der Waals surface area contributed by atoms with Gasteiger partial charge in [-0.05, 0) is 46.0 Å². The van der Waals surface area contributed by atoms with Crippen molar-refractivity contribution in [2.24, 2.45) is 5.92 Å². The Morgan fingerprint density at radius 2 is 2.00 bits per heavy atom. The summed E-state index contributed by atoms with van der Waals surface area (Å²) in [6, 6.07) is 0.578. The topological polar surface area (TPSA) is 40.5 Å². The van der Waals surface area contributed by atoms with Crippen molar-refractivity contribution in [3.8, 4) is 0 Å². The third-order valence-electron chi connectivity index (χ3n) is 3.54. The molecular weight excluding hydrogens is 202 g/mol. The molecular formula is C13H25NO2. The molecule has 1 aliphatic carbocycles. The van der Waals surface area contributed by atoms with Crippen LogP contribution in [0.3, 0.4) is 0 Å². The zero-order valence-electron chi connectivity index (χ0n) is 11.0. The Morgan fingerprint density at radius 1 is 1.38 bits per heavy atom. The fourth-order valence-corrected chi connectivity index (χ4v) is 2.74. The van der Waals surface area contributed by atoms with Crippen molar-refractivity contribution in [1.82, 2.24) is 4.90 Å². The molecule has 3 heteroatoms. The maximum atomic E-state index is 10.7. The summed E-state index contributed by atoms with van der Waals surface area (Å²) in [7, 11) is 0. The van der Waals surface area contributed by atoms with Gasteiger partial charge in [0.05, 0.1) is 6.42 Å². The summed E-state index contributed by atoms with van der Waals surface area (Å²) in [5.74, 6) is 0.0972. The van der Waals surface area contributed by atoms with Crippen LogP contribution in [-0.2, 0) is 4.79 Å². The quantitative estimate of drug-likeness (QED) is 0.803. The van der Waals surface area contributed by atoms with Gasteiger partial charge in [-0.15, -0.1) is 0 Å². The van der Waals surface area contributed by atoms with Gasteiger partial charge in [-0.1, -0.05) is 6.92 Å². The second-order valence-electron chi connectivity index (χ2n) is 6.08. The second kappa shape index (κ2) is 5.17. The van der Waals surface area contributed by atoms with Crippen LogP contribution in [0.4, 0.5) is 0 Å². The highest BCUT2D eigenvalue weighted by molar-refractivity contribution is 5.66. The highest BCUT2D eigenvalue weighted by Crippen LogP contribution is 2.32. The minimum atomic E-state index is -0.694. The van der Waals surface area contributed by atoms with E-state index >= 15 is 0 Å². The lowest BCUT2D eigenvalue weighted by molar-refractivity contribution is -0.137. The van der Waals surface area contributed by atoms with Crippen molar-refractivity contribution in [3.63, 3.8) is 0 Å². The molecule has 0 heterocycles. The molecule has 0 bridgehead atoms. The summed E-state index contributed by atoms with van der Waals surface area (Å²) in [5, 5.41) is 8.80. The smallest absolute Gasteiger partial charge is 0.304 e. The number of carboxylic acids is 1. The van der Waals surface area contributed by atoms with Crippen molar-refractivity contribution in [2.45, 2.75) is 65.0 Å². The first-order valence-electron chi connectivity index (χ1n) is 6.29. The number of carboxylic acid groups (broad SMARTS) is 1. The normalized spacial score (nSPS) is 26.3. The molecule has 0 saturated heterocycles. The molecule has 1 N–H and O–H groups in total. The lowest BCUT2D eigenvalue weighted by Crippen LogP contribution is -2.48. The van der Waals surface area contributed by atoms with E-state index in [0.717, 1.165) is 5.92 Å². The van der Waals surface area contributed by atoms with Crippen molar-refractivity contribution in [3.05, 3.63) is 0 Å². The summed E-state index contributed by atoms with van der Waals surface area (Å²) < 4.78 is 0. The Morgan fingerprint density at radius 3 is 2.38 bits per heavy atom. The molecule has 0 aliphatic heterocycles. The highest BCUT2D eigenvalue weighted by atomic mass is 16.4.